The van der Waals surface area contributed by atoms with Gasteiger partial charge in [-0.25, -0.2) is 0 Å². The topological polar surface area (TPSA) is 72.1 Å². The third-order valence-corrected chi connectivity index (χ3v) is 7.50. The van der Waals surface area contributed by atoms with Crippen molar-refractivity contribution in [3.05, 3.63) is 34.9 Å². The summed E-state index contributed by atoms with van der Waals surface area (Å²) >= 11 is 6.26. The van der Waals surface area contributed by atoms with Crippen LogP contribution in [0.2, 0.25) is 0 Å². The van der Waals surface area contributed by atoms with Crippen molar-refractivity contribution in [2.45, 2.75) is 31.7 Å². The summed E-state index contributed by atoms with van der Waals surface area (Å²) < 4.78 is 17.9. The van der Waals surface area contributed by atoms with Gasteiger partial charge in [-0.1, -0.05) is 30.4 Å². The average Bonchev–Trinajstić information content (AvgIpc) is 3.55. The number of thioether (sulfide) groups is 1. The molecule has 2 bridgehead atoms. The van der Waals surface area contributed by atoms with Crippen LogP contribution in [-0.2, 0) is 4.79 Å². The summed E-state index contributed by atoms with van der Waals surface area (Å²) in [6.07, 6.45) is 6.58. The van der Waals surface area contributed by atoms with Gasteiger partial charge in [0.15, 0.2) is 11.5 Å². The zero-order valence-corrected chi connectivity index (χ0v) is 20.0. The lowest BCUT2D eigenvalue weighted by atomic mass is 9.94. The van der Waals surface area contributed by atoms with Gasteiger partial charge in [0.05, 0.1) is 19.1 Å². The fourth-order valence-electron chi connectivity index (χ4n) is 4.96. The van der Waals surface area contributed by atoms with Gasteiger partial charge in [0.25, 0.3) is 5.91 Å². The summed E-state index contributed by atoms with van der Waals surface area (Å²) in [6.45, 7) is 0. The number of methoxy groups -OCH3 is 2. The Morgan fingerprint density at radius 2 is 1.94 bits per heavy atom. The van der Waals surface area contributed by atoms with E-state index in [9.17, 15) is 9.90 Å². The summed E-state index contributed by atoms with van der Waals surface area (Å²) in [6, 6.07) is 7.26. The van der Waals surface area contributed by atoms with Crippen LogP contribution in [0.3, 0.4) is 0 Å². The maximum Gasteiger partial charge on any atom is 0.260 e. The zero-order valence-electron chi connectivity index (χ0n) is 18.4. The lowest BCUT2D eigenvalue weighted by molar-refractivity contribution is -0.128. The highest BCUT2D eigenvalue weighted by Crippen LogP contribution is 2.47. The molecule has 3 unspecified atom stereocenters. The quantitative estimate of drug-likeness (QED) is 0.409. The van der Waals surface area contributed by atoms with E-state index in [1.54, 1.807) is 30.3 Å². The Balaban J connectivity index is 1.58. The number of fused-ring (bicyclic) bond motifs is 2. The minimum Gasteiger partial charge on any atom is -0.502 e. The molecule has 8 heteroatoms. The summed E-state index contributed by atoms with van der Waals surface area (Å²) in [5, 5.41) is 10.1. The maximum atomic E-state index is 13.3. The number of carbonyl (C=O) groups is 1. The van der Waals surface area contributed by atoms with Crippen LogP contribution in [-0.4, -0.2) is 47.9 Å². The lowest BCUT2D eigenvalue weighted by Gasteiger charge is -2.31. The van der Waals surface area contributed by atoms with E-state index in [4.69, 9.17) is 26.1 Å². The Hall–Kier alpha value is -2.45. The Kier molecular flexibility index (Phi) is 6.81. The second-order valence-electron chi connectivity index (χ2n) is 8.31. The van der Waals surface area contributed by atoms with Crippen LogP contribution in [0.5, 0.6) is 17.2 Å². The predicted molar refractivity (Wildman–Crippen MR) is 130 cm³/mol. The van der Waals surface area contributed by atoms with Crippen molar-refractivity contribution in [3.8, 4) is 28.6 Å². The summed E-state index contributed by atoms with van der Waals surface area (Å²) in [4.78, 5) is 15.7. The summed E-state index contributed by atoms with van der Waals surface area (Å²) in [7, 11) is 4.84. The molecule has 0 radical (unpaired) electrons. The molecule has 0 saturated heterocycles. The first-order valence-corrected chi connectivity index (χ1v) is 11.9. The molecule has 2 aliphatic carbocycles. The van der Waals surface area contributed by atoms with E-state index in [-0.39, 0.29) is 23.2 Å². The first-order valence-electron chi connectivity index (χ1n) is 10.6. The Morgan fingerprint density at radius 1 is 1.22 bits per heavy atom. The number of ether oxygens (including phenoxy) is 2. The van der Waals surface area contributed by atoms with Crippen molar-refractivity contribution in [1.29, 1.82) is 0 Å². The molecule has 170 valence electrons. The van der Waals surface area contributed by atoms with E-state index in [1.165, 1.54) is 49.9 Å². The summed E-state index contributed by atoms with van der Waals surface area (Å²) in [5.74, 6) is 2.95. The van der Waals surface area contributed by atoms with E-state index >= 15 is 0 Å². The number of likely N-dealkylation sites (N-methyl/N-ethyl adjacent to an activating group) is 1. The van der Waals surface area contributed by atoms with Gasteiger partial charge in [0.2, 0.25) is 5.75 Å². The van der Waals surface area contributed by atoms with Gasteiger partial charge in [-0.2, -0.15) is 0 Å². The van der Waals surface area contributed by atoms with Crippen LogP contribution in [0.25, 0.3) is 17.4 Å². The van der Waals surface area contributed by atoms with Gasteiger partial charge < -0.3 is 23.9 Å². The number of phenols is 1. The Labute approximate surface area is 197 Å². The van der Waals surface area contributed by atoms with Crippen LogP contribution < -0.4 is 9.47 Å². The van der Waals surface area contributed by atoms with Gasteiger partial charge in [0, 0.05) is 29.4 Å². The van der Waals surface area contributed by atoms with E-state index in [0.29, 0.717) is 33.9 Å². The highest BCUT2D eigenvalue weighted by molar-refractivity contribution is 8.24. The molecule has 1 N–H and O–H groups in total. The van der Waals surface area contributed by atoms with Crippen molar-refractivity contribution < 1.29 is 23.8 Å². The molecular formula is C24H27NO5S2. The molecule has 2 fully saturated rings. The van der Waals surface area contributed by atoms with Gasteiger partial charge in [-0.3, -0.25) is 4.79 Å². The first-order chi connectivity index (χ1) is 15.4. The highest BCUT2D eigenvalue weighted by Gasteiger charge is 2.42. The van der Waals surface area contributed by atoms with Gasteiger partial charge in [-0.05, 0) is 55.4 Å². The lowest BCUT2D eigenvalue weighted by Crippen LogP contribution is -2.40. The van der Waals surface area contributed by atoms with Gasteiger partial charge in [-0.15, -0.1) is 0 Å². The second kappa shape index (κ2) is 9.58. The van der Waals surface area contributed by atoms with Crippen LogP contribution in [0.1, 0.15) is 31.4 Å². The molecule has 32 heavy (non-hydrogen) atoms. The number of hydrogen-bond acceptors (Lipinski definition) is 7. The molecule has 3 atom stereocenters. The molecule has 6 nitrogen and oxygen atoms in total. The number of furan rings is 1. The number of phenolic OH excluding ortho intramolecular Hbond substituents is 1. The van der Waals surface area contributed by atoms with Crippen LogP contribution >= 0.6 is 24.0 Å². The van der Waals surface area contributed by atoms with Gasteiger partial charge in [0.1, 0.15) is 11.5 Å². The number of hydrogen-bond donors (Lipinski definition) is 1. The molecule has 4 rings (SSSR count). The fourth-order valence-corrected chi connectivity index (χ4v) is 5.80. The number of nitrogens with zero attached hydrogens (tertiary/aromatic N) is 1. The third-order valence-electron chi connectivity index (χ3n) is 6.57. The van der Waals surface area contributed by atoms with Crippen LogP contribution in [0, 0.1) is 11.8 Å². The molecule has 1 aromatic carbocycles. The van der Waals surface area contributed by atoms with Crippen molar-refractivity contribution in [2.24, 2.45) is 11.8 Å². The second-order valence-corrected chi connectivity index (χ2v) is 9.76. The van der Waals surface area contributed by atoms with Crippen molar-refractivity contribution >= 4 is 40.7 Å². The smallest absolute Gasteiger partial charge is 0.260 e. The van der Waals surface area contributed by atoms with Crippen molar-refractivity contribution in [3.63, 3.8) is 0 Å². The minimum absolute atomic E-state index is 0.0282. The van der Waals surface area contributed by atoms with E-state index in [0.717, 1.165) is 12.3 Å². The molecule has 2 saturated carbocycles. The SMILES string of the molecule is COc1cc(-c2ccc(/C=C(\SC=S)C(=O)N(C)C3CC4CCC3C4)o2)cc(OC)c1O. The van der Waals surface area contributed by atoms with E-state index in [1.807, 2.05) is 11.9 Å². The third kappa shape index (κ3) is 4.38. The number of thiocarbonyl (C=S) groups is 1. The predicted octanol–water partition coefficient (Wildman–Crippen LogP) is 5.35. The van der Waals surface area contributed by atoms with Crippen LogP contribution in [0.4, 0.5) is 0 Å². The largest absolute Gasteiger partial charge is 0.502 e. The molecule has 0 aliphatic heterocycles. The molecule has 1 amide bonds. The first kappa shape index (κ1) is 22.7. The number of aromatic hydroxyl groups is 1. The molecule has 2 aromatic rings. The Morgan fingerprint density at radius 3 is 2.50 bits per heavy atom. The van der Waals surface area contributed by atoms with E-state index in [2.05, 4.69) is 0 Å². The molecule has 1 heterocycles. The average molecular weight is 474 g/mol. The number of benzene rings is 1. The van der Waals surface area contributed by atoms with Gasteiger partial charge >= 0.3 is 0 Å². The van der Waals surface area contributed by atoms with Crippen molar-refractivity contribution in [2.75, 3.05) is 21.3 Å². The molecular weight excluding hydrogens is 446 g/mol. The zero-order chi connectivity index (χ0) is 22.8. The number of amides is 1. The maximum absolute atomic E-state index is 13.3. The Bertz CT molecular complexity index is 1020. The van der Waals surface area contributed by atoms with Crippen molar-refractivity contribution in [1.82, 2.24) is 4.90 Å². The monoisotopic (exact) mass is 473 g/mol. The molecule has 0 spiro atoms. The normalized spacial score (nSPS) is 22.1. The highest BCUT2D eigenvalue weighted by atomic mass is 32.2. The standard InChI is InChI=1S/C24H27NO5S2/c1-25(18-9-14-4-5-15(18)8-14)24(27)22(32-13-31)12-17-6-7-19(30-17)16-10-20(28-2)23(26)21(11-16)29-3/h6-7,10-15,18,26H,4-5,8-9H2,1-3H3/b22-12-. The minimum atomic E-state index is -0.0701. The fraction of sp³-hybridized carbons (Fsp3) is 0.417. The number of rotatable bonds is 8. The molecule has 2 aliphatic rings. The number of carbonyl (C=O) groups excluding carboxylic acids is 1. The van der Waals surface area contributed by atoms with Crippen LogP contribution in [0.15, 0.2) is 33.6 Å². The summed E-state index contributed by atoms with van der Waals surface area (Å²) in [5.41, 5.74) is 0.686. The molecule has 1 aromatic heterocycles. The van der Waals surface area contributed by atoms with E-state index < -0.39 is 0 Å².